The number of carboxylic acid groups (broad SMARTS) is 1. The van der Waals surface area contributed by atoms with Crippen LogP contribution >= 0.6 is 0 Å². The Hall–Kier alpha value is -2.29. The van der Waals surface area contributed by atoms with Crippen molar-refractivity contribution < 1.29 is 14.6 Å². The number of rotatable bonds is 4. The minimum atomic E-state index is -0.904. The fourth-order valence-electron chi connectivity index (χ4n) is 2.62. The molecule has 0 atom stereocenters. The molecule has 0 aromatic heterocycles. The zero-order valence-corrected chi connectivity index (χ0v) is 11.1. The first-order valence-corrected chi connectivity index (χ1v) is 6.80. The highest BCUT2D eigenvalue weighted by Gasteiger charge is 2.15. The van der Waals surface area contributed by atoms with Gasteiger partial charge >= 0.3 is 5.97 Å². The maximum atomic E-state index is 10.8. The van der Waals surface area contributed by atoms with E-state index in [9.17, 15) is 4.79 Å². The Morgan fingerprint density at radius 2 is 1.90 bits per heavy atom. The van der Waals surface area contributed by atoms with Gasteiger partial charge in [0.25, 0.3) is 0 Å². The quantitative estimate of drug-likeness (QED) is 0.923. The van der Waals surface area contributed by atoms with Gasteiger partial charge in [-0.05, 0) is 54.2 Å². The van der Waals surface area contributed by atoms with E-state index in [1.54, 1.807) is 24.3 Å². The molecule has 102 valence electrons. The number of hydrogen-bond donors (Lipinski definition) is 1. The molecule has 0 saturated carbocycles. The SMILES string of the molecule is O=C(O)c1ccc(COc2cccc3c2CCC3)cc1. The summed E-state index contributed by atoms with van der Waals surface area (Å²) in [6.45, 7) is 0.469. The van der Waals surface area contributed by atoms with Gasteiger partial charge in [-0.25, -0.2) is 4.79 Å². The van der Waals surface area contributed by atoms with Crippen molar-refractivity contribution in [1.29, 1.82) is 0 Å². The zero-order chi connectivity index (χ0) is 13.9. The van der Waals surface area contributed by atoms with Crippen LogP contribution in [0.5, 0.6) is 5.75 Å². The van der Waals surface area contributed by atoms with Crippen molar-refractivity contribution in [3.05, 3.63) is 64.7 Å². The predicted molar refractivity (Wildman–Crippen MR) is 76.2 cm³/mol. The van der Waals surface area contributed by atoms with Crippen LogP contribution in [-0.2, 0) is 19.4 Å². The van der Waals surface area contributed by atoms with E-state index in [1.807, 2.05) is 12.1 Å². The lowest BCUT2D eigenvalue weighted by atomic mass is 10.1. The molecule has 3 rings (SSSR count). The second-order valence-electron chi connectivity index (χ2n) is 5.04. The van der Waals surface area contributed by atoms with Gasteiger partial charge < -0.3 is 9.84 Å². The van der Waals surface area contributed by atoms with Crippen LogP contribution in [0.1, 0.15) is 33.5 Å². The van der Waals surface area contributed by atoms with E-state index in [4.69, 9.17) is 9.84 Å². The van der Waals surface area contributed by atoms with Gasteiger partial charge in [-0.15, -0.1) is 0 Å². The molecule has 0 aliphatic heterocycles. The van der Waals surface area contributed by atoms with E-state index in [-0.39, 0.29) is 0 Å². The van der Waals surface area contributed by atoms with Gasteiger partial charge in [0, 0.05) is 0 Å². The first-order valence-electron chi connectivity index (χ1n) is 6.80. The van der Waals surface area contributed by atoms with E-state index in [0.29, 0.717) is 12.2 Å². The lowest BCUT2D eigenvalue weighted by Gasteiger charge is -2.11. The van der Waals surface area contributed by atoms with Crippen molar-refractivity contribution in [1.82, 2.24) is 0 Å². The Morgan fingerprint density at radius 3 is 2.65 bits per heavy atom. The average Bonchev–Trinajstić information content (AvgIpc) is 2.94. The third kappa shape index (κ3) is 2.52. The van der Waals surface area contributed by atoms with Gasteiger partial charge in [-0.1, -0.05) is 24.3 Å². The van der Waals surface area contributed by atoms with Crippen molar-refractivity contribution in [2.75, 3.05) is 0 Å². The average molecular weight is 268 g/mol. The molecule has 0 radical (unpaired) electrons. The smallest absolute Gasteiger partial charge is 0.335 e. The molecule has 0 fully saturated rings. The van der Waals surface area contributed by atoms with E-state index >= 15 is 0 Å². The van der Waals surface area contributed by atoms with Crippen LogP contribution in [-0.4, -0.2) is 11.1 Å². The summed E-state index contributed by atoms with van der Waals surface area (Å²) < 4.78 is 5.89. The fourth-order valence-corrected chi connectivity index (χ4v) is 2.62. The Balaban J connectivity index is 1.71. The first kappa shape index (κ1) is 12.7. The molecule has 1 aliphatic rings. The molecule has 0 unspecified atom stereocenters. The number of carbonyl (C=O) groups is 1. The van der Waals surface area contributed by atoms with E-state index in [2.05, 4.69) is 6.07 Å². The zero-order valence-electron chi connectivity index (χ0n) is 11.1. The predicted octanol–water partition coefficient (Wildman–Crippen LogP) is 3.45. The number of aromatic carboxylic acids is 1. The van der Waals surface area contributed by atoms with Crippen LogP contribution in [0.4, 0.5) is 0 Å². The van der Waals surface area contributed by atoms with Crippen molar-refractivity contribution in [3.8, 4) is 5.75 Å². The van der Waals surface area contributed by atoms with Crippen LogP contribution < -0.4 is 4.74 Å². The molecule has 3 heteroatoms. The van der Waals surface area contributed by atoms with Crippen LogP contribution in [0.15, 0.2) is 42.5 Å². The highest BCUT2D eigenvalue weighted by molar-refractivity contribution is 5.87. The fraction of sp³-hybridized carbons (Fsp3) is 0.235. The Bertz CT molecular complexity index is 629. The van der Waals surface area contributed by atoms with Gasteiger partial charge in [0.1, 0.15) is 12.4 Å². The van der Waals surface area contributed by atoms with E-state index in [1.165, 1.54) is 17.5 Å². The molecule has 0 heterocycles. The van der Waals surface area contributed by atoms with Gasteiger partial charge in [0.05, 0.1) is 5.56 Å². The van der Waals surface area contributed by atoms with Gasteiger partial charge in [0.2, 0.25) is 0 Å². The molecular formula is C17H16O3. The second-order valence-corrected chi connectivity index (χ2v) is 5.04. The topological polar surface area (TPSA) is 46.5 Å². The third-order valence-corrected chi connectivity index (χ3v) is 3.70. The number of fused-ring (bicyclic) bond motifs is 1. The molecule has 0 amide bonds. The monoisotopic (exact) mass is 268 g/mol. The van der Waals surface area contributed by atoms with Gasteiger partial charge in [-0.3, -0.25) is 0 Å². The summed E-state index contributed by atoms with van der Waals surface area (Å²) in [6.07, 6.45) is 3.42. The normalized spacial score (nSPS) is 13.0. The maximum Gasteiger partial charge on any atom is 0.335 e. The molecule has 2 aromatic carbocycles. The summed E-state index contributed by atoms with van der Waals surface area (Å²) >= 11 is 0. The lowest BCUT2D eigenvalue weighted by Crippen LogP contribution is -2.00. The largest absolute Gasteiger partial charge is 0.489 e. The van der Waals surface area contributed by atoms with Gasteiger partial charge in [0.15, 0.2) is 0 Å². The van der Waals surface area contributed by atoms with E-state index < -0.39 is 5.97 Å². The summed E-state index contributed by atoms with van der Waals surface area (Å²) in [5.74, 6) is 0.0562. The van der Waals surface area contributed by atoms with Crippen molar-refractivity contribution >= 4 is 5.97 Å². The maximum absolute atomic E-state index is 10.8. The third-order valence-electron chi connectivity index (χ3n) is 3.70. The highest BCUT2D eigenvalue weighted by Crippen LogP contribution is 2.30. The second kappa shape index (κ2) is 5.37. The Kier molecular flexibility index (Phi) is 3.42. The molecule has 1 aliphatic carbocycles. The standard InChI is InChI=1S/C17H16O3/c18-17(19)14-9-7-12(8-10-14)11-20-16-6-2-4-13-3-1-5-15(13)16/h2,4,6-10H,1,3,5,11H2,(H,18,19). The summed E-state index contributed by atoms with van der Waals surface area (Å²) in [6, 6.07) is 13.0. The number of ether oxygens (including phenoxy) is 1. The van der Waals surface area contributed by atoms with Crippen LogP contribution in [0.25, 0.3) is 0 Å². The lowest BCUT2D eigenvalue weighted by molar-refractivity contribution is 0.0697. The molecule has 1 N–H and O–H groups in total. The highest BCUT2D eigenvalue weighted by atomic mass is 16.5. The van der Waals surface area contributed by atoms with Crippen molar-refractivity contribution in [2.24, 2.45) is 0 Å². The minimum absolute atomic E-state index is 0.300. The number of hydrogen-bond acceptors (Lipinski definition) is 2. The van der Waals surface area contributed by atoms with Crippen LogP contribution in [0.3, 0.4) is 0 Å². The van der Waals surface area contributed by atoms with Crippen molar-refractivity contribution in [3.63, 3.8) is 0 Å². The number of benzene rings is 2. The number of carboxylic acids is 1. The summed E-state index contributed by atoms with van der Waals surface area (Å²) in [4.78, 5) is 10.8. The van der Waals surface area contributed by atoms with Crippen LogP contribution in [0, 0.1) is 0 Å². The van der Waals surface area contributed by atoms with E-state index in [0.717, 1.165) is 24.2 Å². The Labute approximate surface area is 117 Å². The molecule has 0 bridgehead atoms. The molecular weight excluding hydrogens is 252 g/mol. The number of aryl methyl sites for hydroxylation is 1. The molecule has 20 heavy (non-hydrogen) atoms. The summed E-state index contributed by atoms with van der Waals surface area (Å²) in [5.41, 5.74) is 4.00. The summed E-state index contributed by atoms with van der Waals surface area (Å²) in [7, 11) is 0. The van der Waals surface area contributed by atoms with Crippen molar-refractivity contribution in [2.45, 2.75) is 25.9 Å². The molecule has 0 saturated heterocycles. The van der Waals surface area contributed by atoms with Gasteiger partial charge in [-0.2, -0.15) is 0 Å². The molecule has 2 aromatic rings. The Morgan fingerprint density at radius 1 is 1.10 bits per heavy atom. The molecule has 3 nitrogen and oxygen atoms in total. The molecule has 0 spiro atoms. The minimum Gasteiger partial charge on any atom is -0.489 e. The van der Waals surface area contributed by atoms with Crippen LogP contribution in [0.2, 0.25) is 0 Å². The summed E-state index contributed by atoms with van der Waals surface area (Å²) in [5, 5.41) is 8.86. The first-order chi connectivity index (χ1) is 9.74.